The van der Waals surface area contributed by atoms with E-state index in [1.807, 2.05) is 0 Å². The SMILES string of the molecule is CO[C@@H]1CCN(C(=O)C(N)C(F)(F)F)C1.Cl. The Morgan fingerprint density at radius 2 is 2.12 bits per heavy atom. The fraction of sp³-hybridized carbons (Fsp3) is 0.875. The Kier molecular flexibility index (Phi) is 5.51. The van der Waals surface area contributed by atoms with Crippen molar-refractivity contribution < 1.29 is 22.7 Å². The molecular weight excluding hydrogens is 249 g/mol. The Morgan fingerprint density at radius 3 is 2.50 bits per heavy atom. The van der Waals surface area contributed by atoms with Crippen LogP contribution in [-0.2, 0) is 9.53 Å². The molecule has 0 saturated carbocycles. The third-order valence-corrected chi connectivity index (χ3v) is 2.41. The van der Waals surface area contributed by atoms with E-state index in [-0.39, 0.29) is 31.6 Å². The smallest absolute Gasteiger partial charge is 0.380 e. The maximum Gasteiger partial charge on any atom is 0.412 e. The largest absolute Gasteiger partial charge is 0.412 e. The molecule has 1 amide bonds. The van der Waals surface area contributed by atoms with Crippen LogP contribution in [-0.4, -0.2) is 49.3 Å². The minimum absolute atomic E-state index is 0. The highest BCUT2D eigenvalue weighted by Crippen LogP contribution is 2.22. The molecule has 0 radical (unpaired) electrons. The van der Waals surface area contributed by atoms with E-state index in [0.29, 0.717) is 6.42 Å². The van der Waals surface area contributed by atoms with Crippen LogP contribution in [0.2, 0.25) is 0 Å². The number of halogens is 4. The molecule has 96 valence electrons. The highest BCUT2D eigenvalue weighted by Gasteiger charge is 2.45. The van der Waals surface area contributed by atoms with Gasteiger partial charge >= 0.3 is 6.18 Å². The quantitative estimate of drug-likeness (QED) is 0.791. The molecule has 0 aromatic carbocycles. The maximum atomic E-state index is 12.1. The number of amides is 1. The van der Waals surface area contributed by atoms with Crippen LogP contribution in [0.5, 0.6) is 0 Å². The summed E-state index contributed by atoms with van der Waals surface area (Å²) in [6.45, 7) is 0.445. The molecule has 1 saturated heterocycles. The molecule has 8 heteroatoms. The number of carbonyl (C=O) groups is 1. The molecule has 0 aromatic rings. The number of hydrogen-bond donors (Lipinski definition) is 1. The number of alkyl halides is 3. The van der Waals surface area contributed by atoms with Gasteiger partial charge in [0.25, 0.3) is 0 Å². The van der Waals surface area contributed by atoms with Gasteiger partial charge in [0, 0.05) is 20.2 Å². The van der Waals surface area contributed by atoms with Crippen molar-refractivity contribution in [3.63, 3.8) is 0 Å². The van der Waals surface area contributed by atoms with Crippen LogP contribution in [0.1, 0.15) is 6.42 Å². The zero-order chi connectivity index (χ0) is 11.6. The first-order valence-corrected chi connectivity index (χ1v) is 4.50. The standard InChI is InChI=1S/C8H13F3N2O2.ClH/c1-15-5-2-3-13(4-5)7(14)6(12)8(9,10)11;/h5-6H,2-4,12H2,1H3;1H/t5-,6?;/m1./s1. The second kappa shape index (κ2) is 5.70. The Hall–Kier alpha value is -0.530. The predicted molar refractivity (Wildman–Crippen MR) is 53.3 cm³/mol. The van der Waals surface area contributed by atoms with Crippen LogP contribution >= 0.6 is 12.4 Å². The van der Waals surface area contributed by atoms with Crippen molar-refractivity contribution in [3.05, 3.63) is 0 Å². The number of rotatable bonds is 2. The maximum absolute atomic E-state index is 12.1. The molecule has 0 aromatic heterocycles. The van der Waals surface area contributed by atoms with E-state index < -0.39 is 18.1 Å². The molecule has 4 nitrogen and oxygen atoms in total. The van der Waals surface area contributed by atoms with E-state index in [1.54, 1.807) is 0 Å². The number of carbonyl (C=O) groups excluding carboxylic acids is 1. The van der Waals surface area contributed by atoms with Crippen LogP contribution in [0, 0.1) is 0 Å². The van der Waals surface area contributed by atoms with Crippen molar-refractivity contribution in [2.24, 2.45) is 5.73 Å². The van der Waals surface area contributed by atoms with Crippen LogP contribution in [0.25, 0.3) is 0 Å². The third-order valence-electron chi connectivity index (χ3n) is 2.41. The van der Waals surface area contributed by atoms with Gasteiger partial charge in [-0.3, -0.25) is 4.79 Å². The normalized spacial score (nSPS) is 22.8. The number of hydrogen-bond acceptors (Lipinski definition) is 3. The molecular formula is C8H14ClF3N2O2. The van der Waals surface area contributed by atoms with E-state index in [9.17, 15) is 18.0 Å². The van der Waals surface area contributed by atoms with Crippen molar-refractivity contribution in [3.8, 4) is 0 Å². The lowest BCUT2D eigenvalue weighted by atomic mass is 10.2. The summed E-state index contributed by atoms with van der Waals surface area (Å²) in [7, 11) is 1.46. The summed E-state index contributed by atoms with van der Waals surface area (Å²) >= 11 is 0. The summed E-state index contributed by atoms with van der Waals surface area (Å²) in [5, 5.41) is 0. The fourth-order valence-corrected chi connectivity index (χ4v) is 1.46. The number of nitrogens with two attached hydrogens (primary N) is 1. The number of methoxy groups -OCH3 is 1. The lowest BCUT2D eigenvalue weighted by Crippen LogP contribution is -2.51. The first-order chi connectivity index (χ1) is 6.86. The fourth-order valence-electron chi connectivity index (χ4n) is 1.46. The molecule has 2 atom stereocenters. The minimum Gasteiger partial charge on any atom is -0.380 e. The van der Waals surface area contributed by atoms with Crippen LogP contribution in [0.3, 0.4) is 0 Å². The molecule has 1 unspecified atom stereocenters. The van der Waals surface area contributed by atoms with Gasteiger partial charge in [-0.2, -0.15) is 13.2 Å². The van der Waals surface area contributed by atoms with Gasteiger partial charge in [0.15, 0.2) is 6.04 Å². The summed E-state index contributed by atoms with van der Waals surface area (Å²) in [5.74, 6) is -1.08. The number of nitrogens with zero attached hydrogens (tertiary/aromatic N) is 1. The van der Waals surface area contributed by atoms with Crippen LogP contribution < -0.4 is 5.73 Å². The molecule has 0 aliphatic carbocycles. The lowest BCUT2D eigenvalue weighted by Gasteiger charge is -2.22. The highest BCUT2D eigenvalue weighted by atomic mass is 35.5. The van der Waals surface area contributed by atoms with Crippen molar-refractivity contribution in [2.45, 2.75) is 24.7 Å². The molecule has 1 aliphatic rings. The Labute approximate surface area is 97.3 Å². The van der Waals surface area contributed by atoms with Crippen LogP contribution in [0.4, 0.5) is 13.2 Å². The zero-order valence-corrected chi connectivity index (χ0v) is 9.48. The summed E-state index contributed by atoms with van der Waals surface area (Å²) in [6, 6.07) is -2.42. The molecule has 0 bridgehead atoms. The highest BCUT2D eigenvalue weighted by molar-refractivity contribution is 5.85. The summed E-state index contributed by atoms with van der Waals surface area (Å²) in [5.41, 5.74) is 4.80. The zero-order valence-electron chi connectivity index (χ0n) is 8.66. The number of likely N-dealkylation sites (tertiary alicyclic amines) is 1. The van der Waals surface area contributed by atoms with E-state index in [1.165, 1.54) is 7.11 Å². The van der Waals surface area contributed by atoms with Gasteiger partial charge in [0.2, 0.25) is 5.91 Å². The Morgan fingerprint density at radius 1 is 1.56 bits per heavy atom. The Balaban J connectivity index is 0.00000225. The van der Waals surface area contributed by atoms with Crippen molar-refractivity contribution in [1.82, 2.24) is 4.90 Å². The molecule has 1 rings (SSSR count). The molecule has 0 spiro atoms. The lowest BCUT2D eigenvalue weighted by molar-refractivity contribution is -0.169. The van der Waals surface area contributed by atoms with Crippen molar-refractivity contribution in [2.75, 3.05) is 20.2 Å². The summed E-state index contributed by atoms with van der Waals surface area (Å²) in [6.07, 6.45) is -4.32. The van der Waals surface area contributed by atoms with E-state index in [0.717, 1.165) is 4.90 Å². The third kappa shape index (κ3) is 3.50. The van der Waals surface area contributed by atoms with E-state index >= 15 is 0 Å². The first-order valence-electron chi connectivity index (χ1n) is 4.50. The van der Waals surface area contributed by atoms with Gasteiger partial charge in [0.1, 0.15) is 0 Å². The Bertz CT molecular complexity index is 250. The van der Waals surface area contributed by atoms with Gasteiger partial charge in [-0.15, -0.1) is 12.4 Å². The molecule has 1 fully saturated rings. The average molecular weight is 263 g/mol. The van der Waals surface area contributed by atoms with Crippen LogP contribution in [0.15, 0.2) is 0 Å². The topological polar surface area (TPSA) is 55.6 Å². The molecule has 2 N–H and O–H groups in total. The average Bonchev–Trinajstić information content (AvgIpc) is 2.62. The van der Waals surface area contributed by atoms with Crippen molar-refractivity contribution >= 4 is 18.3 Å². The van der Waals surface area contributed by atoms with Gasteiger partial charge in [-0.25, -0.2) is 0 Å². The van der Waals surface area contributed by atoms with E-state index in [2.05, 4.69) is 0 Å². The summed E-state index contributed by atoms with van der Waals surface area (Å²) in [4.78, 5) is 12.4. The minimum atomic E-state index is -4.68. The predicted octanol–water partition coefficient (Wildman–Crippen LogP) is 0.545. The molecule has 16 heavy (non-hydrogen) atoms. The first kappa shape index (κ1) is 15.5. The van der Waals surface area contributed by atoms with Crippen molar-refractivity contribution in [1.29, 1.82) is 0 Å². The molecule has 1 heterocycles. The second-order valence-corrected chi connectivity index (χ2v) is 3.45. The second-order valence-electron chi connectivity index (χ2n) is 3.45. The van der Waals surface area contributed by atoms with E-state index in [4.69, 9.17) is 10.5 Å². The molecule has 1 aliphatic heterocycles. The number of ether oxygens (including phenoxy) is 1. The van der Waals surface area contributed by atoms with Gasteiger partial charge in [-0.05, 0) is 6.42 Å². The van der Waals surface area contributed by atoms with Gasteiger partial charge in [-0.1, -0.05) is 0 Å². The van der Waals surface area contributed by atoms with Gasteiger partial charge < -0.3 is 15.4 Å². The monoisotopic (exact) mass is 262 g/mol. The summed E-state index contributed by atoms with van der Waals surface area (Å²) < 4.78 is 41.3. The van der Waals surface area contributed by atoms with Gasteiger partial charge in [0.05, 0.1) is 6.10 Å².